The van der Waals surface area contributed by atoms with Gasteiger partial charge in [0.05, 0.1) is 21.7 Å². The third-order valence-electron chi connectivity index (χ3n) is 5.53. The molecule has 1 saturated heterocycles. The first-order valence-electron chi connectivity index (χ1n) is 10.6. The van der Waals surface area contributed by atoms with E-state index in [1.54, 1.807) is 11.3 Å². The van der Waals surface area contributed by atoms with Crippen LogP contribution in [0.3, 0.4) is 0 Å². The zero-order valence-corrected chi connectivity index (χ0v) is 20.0. The minimum atomic E-state index is -1.13. The quantitative estimate of drug-likeness (QED) is 0.604. The van der Waals surface area contributed by atoms with Crippen LogP contribution in [0.25, 0.3) is 10.4 Å². The largest absolute Gasteiger partial charge is 0.380 e. The first-order valence-corrected chi connectivity index (χ1v) is 11.4. The van der Waals surface area contributed by atoms with E-state index in [0.29, 0.717) is 13.0 Å². The minimum absolute atomic E-state index is 0.230. The molecule has 0 radical (unpaired) electrons. The molecule has 8 nitrogen and oxygen atoms in total. The molecule has 2 N–H and O–H groups in total. The summed E-state index contributed by atoms with van der Waals surface area (Å²) in [6.07, 6.45) is 5.50. The molecular weight excluding hydrogens is 440 g/mol. The second kappa shape index (κ2) is 10.6. The van der Waals surface area contributed by atoms with Crippen molar-refractivity contribution in [3.63, 3.8) is 0 Å². The van der Waals surface area contributed by atoms with Crippen molar-refractivity contribution in [2.24, 2.45) is 0 Å². The maximum Gasteiger partial charge on any atom is 0.258 e. The van der Waals surface area contributed by atoms with E-state index in [2.05, 4.69) is 21.5 Å². The van der Waals surface area contributed by atoms with Crippen LogP contribution in [0, 0.1) is 26.2 Å². The SMILES string of the molecule is C#C[C@H](NC(C)=O)C(=O)N1C[C@H](OC)C[C@H]1C(=O)NCc1ccc(-c2sc(C)nc2C)cc1. The van der Waals surface area contributed by atoms with Crippen LogP contribution in [0.1, 0.15) is 29.6 Å². The Morgan fingerprint density at radius 2 is 2.00 bits per heavy atom. The van der Waals surface area contributed by atoms with Gasteiger partial charge >= 0.3 is 0 Å². The van der Waals surface area contributed by atoms with E-state index in [-0.39, 0.29) is 18.6 Å². The van der Waals surface area contributed by atoms with E-state index in [1.165, 1.54) is 18.9 Å². The van der Waals surface area contributed by atoms with Gasteiger partial charge in [0.25, 0.3) is 5.91 Å². The lowest BCUT2D eigenvalue weighted by atomic mass is 10.1. The van der Waals surface area contributed by atoms with Gasteiger partial charge in [-0.1, -0.05) is 30.2 Å². The molecule has 0 unspecified atom stereocenters. The number of thiazole rings is 1. The number of aromatic nitrogens is 1. The number of terminal acetylenes is 1. The number of methoxy groups -OCH3 is 1. The molecule has 0 aliphatic carbocycles. The van der Waals surface area contributed by atoms with Crippen molar-refractivity contribution in [3.8, 4) is 22.8 Å². The molecule has 3 amide bonds. The number of benzene rings is 1. The molecule has 3 atom stereocenters. The predicted molar refractivity (Wildman–Crippen MR) is 126 cm³/mol. The Balaban J connectivity index is 1.66. The summed E-state index contributed by atoms with van der Waals surface area (Å²) in [5, 5.41) is 6.37. The standard InChI is InChI=1S/C24H28N4O4S/c1-6-20(27-15(3)29)24(31)28-13-19(32-5)11-21(28)23(30)25-12-17-7-9-18(10-8-17)22-14(2)26-16(4)33-22/h1,7-10,19-21H,11-13H2,2-5H3,(H,25,30)(H,27,29)/t19-,20+,21+/m1/s1. The molecule has 0 spiro atoms. The number of carbonyl (C=O) groups excluding carboxylic acids is 3. The first kappa shape index (κ1) is 24.4. The second-order valence-electron chi connectivity index (χ2n) is 7.96. The number of amides is 3. The Morgan fingerprint density at radius 3 is 2.55 bits per heavy atom. The normalized spacial score (nSPS) is 18.5. The summed E-state index contributed by atoms with van der Waals surface area (Å²) in [4.78, 5) is 44.2. The number of nitrogens with one attached hydrogen (secondary N) is 2. The van der Waals surface area contributed by atoms with E-state index in [9.17, 15) is 14.4 Å². The number of hydrogen-bond acceptors (Lipinski definition) is 6. The number of ether oxygens (including phenoxy) is 1. The van der Waals surface area contributed by atoms with Gasteiger partial charge in [0.15, 0.2) is 6.04 Å². The fraction of sp³-hybridized carbons (Fsp3) is 0.417. The molecule has 2 heterocycles. The van der Waals surface area contributed by atoms with Crippen LogP contribution >= 0.6 is 11.3 Å². The molecule has 0 bridgehead atoms. The van der Waals surface area contributed by atoms with Crippen molar-refractivity contribution in [2.45, 2.75) is 51.9 Å². The van der Waals surface area contributed by atoms with Crippen molar-refractivity contribution < 1.29 is 19.1 Å². The Labute approximate surface area is 197 Å². The highest BCUT2D eigenvalue weighted by Crippen LogP contribution is 2.29. The van der Waals surface area contributed by atoms with E-state index < -0.39 is 23.9 Å². The minimum Gasteiger partial charge on any atom is -0.380 e. The average molecular weight is 469 g/mol. The third kappa shape index (κ3) is 5.78. The lowest BCUT2D eigenvalue weighted by molar-refractivity contribution is -0.140. The average Bonchev–Trinajstić information content (AvgIpc) is 3.38. The summed E-state index contributed by atoms with van der Waals surface area (Å²) in [6, 6.07) is 6.10. The van der Waals surface area contributed by atoms with E-state index in [0.717, 1.165) is 26.7 Å². The molecule has 174 valence electrons. The number of nitrogens with zero attached hydrogens (tertiary/aromatic N) is 2. The summed E-state index contributed by atoms with van der Waals surface area (Å²) in [7, 11) is 1.54. The van der Waals surface area contributed by atoms with E-state index in [4.69, 9.17) is 11.2 Å². The smallest absolute Gasteiger partial charge is 0.258 e. The van der Waals surface area contributed by atoms with E-state index in [1.807, 2.05) is 38.1 Å². The van der Waals surface area contributed by atoms with Crippen molar-refractivity contribution in [3.05, 3.63) is 40.5 Å². The highest BCUT2D eigenvalue weighted by atomic mass is 32.1. The molecule has 1 aliphatic heterocycles. The van der Waals surface area contributed by atoms with Crippen LogP contribution in [-0.2, 0) is 25.7 Å². The molecule has 1 aliphatic rings. The number of likely N-dealkylation sites (tertiary alicyclic amines) is 1. The number of rotatable bonds is 7. The van der Waals surface area contributed by atoms with Gasteiger partial charge in [-0.2, -0.15) is 0 Å². The molecule has 0 saturated carbocycles. The Kier molecular flexibility index (Phi) is 7.84. The molecule has 1 aromatic carbocycles. The topological polar surface area (TPSA) is 101 Å². The maximum atomic E-state index is 13.0. The Hall–Kier alpha value is -3.22. The Morgan fingerprint density at radius 1 is 1.30 bits per heavy atom. The van der Waals surface area contributed by atoms with Gasteiger partial charge in [0.2, 0.25) is 11.8 Å². The van der Waals surface area contributed by atoms with Gasteiger partial charge in [0, 0.05) is 33.5 Å². The van der Waals surface area contributed by atoms with Crippen LogP contribution in [-0.4, -0.2) is 59.4 Å². The van der Waals surface area contributed by atoms with Crippen LogP contribution in [0.2, 0.25) is 0 Å². The van der Waals surface area contributed by atoms with Crippen LogP contribution in [0.4, 0.5) is 0 Å². The molecule has 1 fully saturated rings. The molecule has 2 aromatic rings. The van der Waals surface area contributed by atoms with Crippen LogP contribution < -0.4 is 10.6 Å². The maximum absolute atomic E-state index is 13.0. The van der Waals surface area contributed by atoms with Gasteiger partial charge in [-0.15, -0.1) is 17.8 Å². The van der Waals surface area contributed by atoms with Gasteiger partial charge in [-0.05, 0) is 25.0 Å². The fourth-order valence-corrected chi connectivity index (χ4v) is 4.81. The molecule has 33 heavy (non-hydrogen) atoms. The van der Waals surface area contributed by atoms with Gasteiger partial charge in [0.1, 0.15) is 6.04 Å². The number of aryl methyl sites for hydroxylation is 2. The highest BCUT2D eigenvalue weighted by molar-refractivity contribution is 7.15. The summed E-state index contributed by atoms with van der Waals surface area (Å²) < 4.78 is 5.38. The lowest BCUT2D eigenvalue weighted by Crippen LogP contribution is -2.52. The van der Waals surface area contributed by atoms with Crippen LogP contribution in [0.5, 0.6) is 0 Å². The zero-order valence-electron chi connectivity index (χ0n) is 19.2. The van der Waals surface area contributed by atoms with Crippen molar-refractivity contribution in [2.75, 3.05) is 13.7 Å². The lowest BCUT2D eigenvalue weighted by Gasteiger charge is -2.26. The van der Waals surface area contributed by atoms with Gasteiger partial charge < -0.3 is 20.3 Å². The highest BCUT2D eigenvalue weighted by Gasteiger charge is 2.41. The first-order chi connectivity index (χ1) is 15.7. The van der Waals surface area contributed by atoms with Crippen molar-refractivity contribution >= 4 is 29.1 Å². The molecule has 3 rings (SSSR count). The number of carbonyl (C=O) groups is 3. The monoisotopic (exact) mass is 468 g/mol. The fourth-order valence-electron chi connectivity index (χ4n) is 3.88. The molecule has 9 heteroatoms. The predicted octanol–water partition coefficient (Wildman–Crippen LogP) is 1.80. The van der Waals surface area contributed by atoms with Crippen molar-refractivity contribution in [1.82, 2.24) is 20.5 Å². The Bertz CT molecular complexity index is 1070. The van der Waals surface area contributed by atoms with E-state index >= 15 is 0 Å². The molecular formula is C24H28N4O4S. The summed E-state index contributed by atoms with van der Waals surface area (Å²) in [5.41, 5.74) is 3.02. The van der Waals surface area contributed by atoms with Crippen LogP contribution in [0.15, 0.2) is 24.3 Å². The van der Waals surface area contributed by atoms with Gasteiger partial charge in [-0.25, -0.2) is 4.98 Å². The summed E-state index contributed by atoms with van der Waals surface area (Å²) in [5.74, 6) is 1.08. The summed E-state index contributed by atoms with van der Waals surface area (Å²) in [6.45, 7) is 5.81. The third-order valence-corrected chi connectivity index (χ3v) is 6.65. The van der Waals surface area contributed by atoms with Crippen molar-refractivity contribution in [1.29, 1.82) is 0 Å². The zero-order chi connectivity index (χ0) is 24.1. The second-order valence-corrected chi connectivity index (χ2v) is 9.17. The number of hydrogen-bond donors (Lipinski definition) is 2. The summed E-state index contributed by atoms with van der Waals surface area (Å²) >= 11 is 1.65. The molecule has 1 aromatic heterocycles. The van der Waals surface area contributed by atoms with Gasteiger partial charge in [-0.3, -0.25) is 14.4 Å².